The number of hydrogen-bond acceptors (Lipinski definition) is 4. The van der Waals surface area contributed by atoms with Crippen molar-refractivity contribution in [1.29, 1.82) is 5.26 Å². The van der Waals surface area contributed by atoms with E-state index >= 15 is 0 Å². The highest BCUT2D eigenvalue weighted by molar-refractivity contribution is 6.39. The summed E-state index contributed by atoms with van der Waals surface area (Å²) >= 11 is 5.93. The molecule has 7 nitrogen and oxygen atoms in total. The standard InChI is InChI=1S/C27H17ClN4O3/c28-20-9-11-21(12-10-20)32-26(34)23(25(33)30-27(32)35)13-19-16-31(24-8-4-3-7-22(19)24)15-18-6-2-1-5-17(18)14-29/h1-13,16H,15H2,(H,30,33,35)/b23-13-. The van der Waals surface area contributed by atoms with Crippen molar-refractivity contribution >= 4 is 52.1 Å². The Labute approximate surface area is 205 Å². The number of hydrogen-bond donors (Lipinski definition) is 1. The van der Waals surface area contributed by atoms with Crippen LogP contribution in [-0.2, 0) is 16.1 Å². The smallest absolute Gasteiger partial charge is 0.335 e. The van der Waals surface area contributed by atoms with Crippen LogP contribution in [0.15, 0.2) is 84.6 Å². The predicted molar refractivity (Wildman–Crippen MR) is 133 cm³/mol. The maximum absolute atomic E-state index is 13.3. The fraction of sp³-hybridized carbons (Fsp3) is 0.0370. The SMILES string of the molecule is N#Cc1ccccc1Cn1cc(/C=C2/C(=O)NC(=O)N(c3ccc(Cl)cc3)C2=O)c2ccccc21. The Morgan fingerprint density at radius 3 is 2.43 bits per heavy atom. The van der Waals surface area contributed by atoms with Gasteiger partial charge in [-0.3, -0.25) is 14.9 Å². The molecule has 5 rings (SSSR count). The van der Waals surface area contributed by atoms with E-state index in [-0.39, 0.29) is 5.57 Å². The molecule has 8 heteroatoms. The first kappa shape index (κ1) is 22.1. The van der Waals surface area contributed by atoms with Crippen LogP contribution >= 0.6 is 11.6 Å². The predicted octanol–water partition coefficient (Wildman–Crippen LogP) is 4.88. The molecule has 0 atom stereocenters. The first-order valence-electron chi connectivity index (χ1n) is 10.7. The summed E-state index contributed by atoms with van der Waals surface area (Å²) in [4.78, 5) is 39.3. The van der Waals surface area contributed by atoms with Crippen LogP contribution in [0.1, 0.15) is 16.7 Å². The van der Waals surface area contributed by atoms with E-state index in [2.05, 4.69) is 11.4 Å². The largest absolute Gasteiger partial charge is 0.342 e. The number of nitriles is 1. The maximum atomic E-state index is 13.3. The summed E-state index contributed by atoms with van der Waals surface area (Å²) in [5.41, 5.74) is 3.07. The number of benzene rings is 3. The Balaban J connectivity index is 1.58. The van der Waals surface area contributed by atoms with Crippen LogP contribution in [0, 0.1) is 11.3 Å². The Kier molecular flexibility index (Phi) is 5.65. The van der Waals surface area contributed by atoms with E-state index < -0.39 is 17.8 Å². The van der Waals surface area contributed by atoms with E-state index in [9.17, 15) is 19.6 Å². The van der Waals surface area contributed by atoms with E-state index in [4.69, 9.17) is 11.6 Å². The quantitative estimate of drug-likeness (QED) is 0.332. The summed E-state index contributed by atoms with van der Waals surface area (Å²) < 4.78 is 1.96. The van der Waals surface area contributed by atoms with E-state index in [0.717, 1.165) is 21.4 Å². The van der Waals surface area contributed by atoms with Crippen LogP contribution in [0.4, 0.5) is 10.5 Å². The molecule has 4 amide bonds. The first-order valence-corrected chi connectivity index (χ1v) is 11.1. The summed E-state index contributed by atoms with van der Waals surface area (Å²) in [6.07, 6.45) is 3.32. The molecule has 4 aromatic rings. The van der Waals surface area contributed by atoms with Crippen molar-refractivity contribution in [3.8, 4) is 6.07 Å². The van der Waals surface area contributed by atoms with Crippen LogP contribution in [0.3, 0.4) is 0 Å². The molecule has 0 saturated carbocycles. The molecule has 35 heavy (non-hydrogen) atoms. The molecule has 170 valence electrons. The number of halogens is 1. The third-order valence-corrected chi connectivity index (χ3v) is 6.04. The van der Waals surface area contributed by atoms with Crippen molar-refractivity contribution < 1.29 is 14.4 Å². The number of urea groups is 1. The number of nitrogens with zero attached hydrogens (tertiary/aromatic N) is 3. The average Bonchev–Trinajstić information content (AvgIpc) is 3.20. The molecule has 1 N–H and O–H groups in total. The minimum Gasteiger partial charge on any atom is -0.342 e. The van der Waals surface area contributed by atoms with Gasteiger partial charge in [-0.05, 0) is 48.0 Å². The summed E-state index contributed by atoms with van der Waals surface area (Å²) in [6.45, 7) is 0.433. The van der Waals surface area contributed by atoms with Gasteiger partial charge >= 0.3 is 6.03 Å². The third-order valence-electron chi connectivity index (χ3n) is 5.78. The Morgan fingerprint density at radius 2 is 1.66 bits per heavy atom. The summed E-state index contributed by atoms with van der Waals surface area (Å²) in [6, 6.07) is 22.5. The number of nitrogens with one attached hydrogen (secondary N) is 1. The van der Waals surface area contributed by atoms with Gasteiger partial charge in [-0.25, -0.2) is 9.69 Å². The van der Waals surface area contributed by atoms with Crippen molar-refractivity contribution in [2.24, 2.45) is 0 Å². The summed E-state index contributed by atoms with van der Waals surface area (Å²) in [7, 11) is 0. The van der Waals surface area contributed by atoms with E-state index in [1.807, 2.05) is 53.2 Å². The van der Waals surface area contributed by atoms with Gasteiger partial charge in [-0.2, -0.15) is 5.26 Å². The maximum Gasteiger partial charge on any atom is 0.335 e. The first-order chi connectivity index (χ1) is 17.0. The zero-order valence-corrected chi connectivity index (χ0v) is 19.0. The molecule has 0 unspecified atom stereocenters. The number of carbonyl (C=O) groups is 3. The molecule has 0 aliphatic carbocycles. The zero-order chi connectivity index (χ0) is 24.5. The lowest BCUT2D eigenvalue weighted by Crippen LogP contribution is -2.54. The monoisotopic (exact) mass is 480 g/mol. The van der Waals surface area contributed by atoms with Gasteiger partial charge in [-0.1, -0.05) is 48.0 Å². The molecule has 0 radical (unpaired) electrons. The number of para-hydroxylation sites is 1. The fourth-order valence-corrected chi connectivity index (χ4v) is 4.24. The van der Waals surface area contributed by atoms with Crippen LogP contribution < -0.4 is 10.2 Å². The highest BCUT2D eigenvalue weighted by Gasteiger charge is 2.37. The van der Waals surface area contributed by atoms with Gasteiger partial charge in [0.05, 0.1) is 17.3 Å². The van der Waals surface area contributed by atoms with Gasteiger partial charge < -0.3 is 4.57 Å². The zero-order valence-electron chi connectivity index (χ0n) is 18.2. The number of carbonyl (C=O) groups excluding carboxylic acids is 3. The topological polar surface area (TPSA) is 95.2 Å². The second-order valence-corrected chi connectivity index (χ2v) is 8.37. The second-order valence-electron chi connectivity index (χ2n) is 7.93. The number of anilines is 1. The molecular formula is C27H17ClN4O3. The molecule has 1 aliphatic heterocycles. The number of aromatic nitrogens is 1. The van der Waals surface area contributed by atoms with Crippen LogP contribution in [0.5, 0.6) is 0 Å². The van der Waals surface area contributed by atoms with Gasteiger partial charge in [0.15, 0.2) is 0 Å². The van der Waals surface area contributed by atoms with Crippen molar-refractivity contribution in [2.75, 3.05) is 4.90 Å². The lowest BCUT2D eigenvalue weighted by molar-refractivity contribution is -0.122. The van der Waals surface area contributed by atoms with E-state index in [0.29, 0.717) is 28.4 Å². The molecule has 1 aliphatic rings. The number of imide groups is 2. The van der Waals surface area contributed by atoms with Gasteiger partial charge in [0.25, 0.3) is 11.8 Å². The van der Waals surface area contributed by atoms with Gasteiger partial charge in [0, 0.05) is 34.2 Å². The van der Waals surface area contributed by atoms with Gasteiger partial charge in [0.1, 0.15) is 5.57 Å². The highest BCUT2D eigenvalue weighted by Crippen LogP contribution is 2.28. The molecular weight excluding hydrogens is 464 g/mol. The molecule has 2 heterocycles. The summed E-state index contributed by atoms with van der Waals surface area (Å²) in [5, 5.41) is 13.0. The third kappa shape index (κ3) is 4.07. The number of rotatable bonds is 4. The molecule has 1 fully saturated rings. The molecule has 0 spiro atoms. The molecule has 3 aromatic carbocycles. The minimum absolute atomic E-state index is 0.167. The van der Waals surface area contributed by atoms with Crippen molar-refractivity contribution in [2.45, 2.75) is 6.54 Å². The molecule has 1 saturated heterocycles. The second kappa shape index (κ2) is 8.93. The van der Waals surface area contributed by atoms with E-state index in [1.165, 1.54) is 18.2 Å². The average molecular weight is 481 g/mol. The minimum atomic E-state index is -0.824. The van der Waals surface area contributed by atoms with Crippen LogP contribution in [0.2, 0.25) is 5.02 Å². The number of fused-ring (bicyclic) bond motifs is 1. The van der Waals surface area contributed by atoms with Crippen LogP contribution in [-0.4, -0.2) is 22.4 Å². The van der Waals surface area contributed by atoms with Crippen molar-refractivity contribution in [3.05, 3.63) is 106 Å². The van der Waals surface area contributed by atoms with Crippen LogP contribution in [0.25, 0.3) is 17.0 Å². The fourth-order valence-electron chi connectivity index (χ4n) is 4.11. The Bertz CT molecular complexity index is 1580. The van der Waals surface area contributed by atoms with Gasteiger partial charge in [0.2, 0.25) is 0 Å². The van der Waals surface area contributed by atoms with Crippen molar-refractivity contribution in [3.63, 3.8) is 0 Å². The van der Waals surface area contributed by atoms with E-state index in [1.54, 1.807) is 18.2 Å². The lowest BCUT2D eigenvalue weighted by Gasteiger charge is -2.26. The lowest BCUT2D eigenvalue weighted by atomic mass is 10.1. The highest BCUT2D eigenvalue weighted by atomic mass is 35.5. The molecule has 1 aromatic heterocycles. The van der Waals surface area contributed by atoms with Crippen molar-refractivity contribution in [1.82, 2.24) is 9.88 Å². The summed E-state index contributed by atoms with van der Waals surface area (Å²) in [5.74, 6) is -1.50. The normalized spacial score (nSPS) is 14.9. The van der Waals surface area contributed by atoms with Gasteiger partial charge in [-0.15, -0.1) is 0 Å². The Hall–Kier alpha value is -4.67. The molecule has 0 bridgehead atoms. The number of barbiturate groups is 1. The number of amides is 4. The Morgan fingerprint density at radius 1 is 0.943 bits per heavy atom.